The lowest BCUT2D eigenvalue weighted by molar-refractivity contribution is -0.253. The molecule has 0 aromatic carbocycles. The quantitative estimate of drug-likeness (QED) is 0.897. The van der Waals surface area contributed by atoms with Crippen molar-refractivity contribution in [3.63, 3.8) is 0 Å². The summed E-state index contributed by atoms with van der Waals surface area (Å²) in [6.07, 6.45) is -3.80. The fraction of sp³-hybridized carbons (Fsp3) is 0.562. The second-order valence-electron chi connectivity index (χ2n) is 6.74. The predicted octanol–water partition coefficient (Wildman–Crippen LogP) is 2.46. The third-order valence-electron chi connectivity index (χ3n) is 4.48. The molecule has 0 radical (unpaired) electrons. The number of halogens is 3. The van der Waals surface area contributed by atoms with E-state index in [1.54, 1.807) is 17.7 Å². The summed E-state index contributed by atoms with van der Waals surface area (Å²) < 4.78 is 40.6. The first kappa shape index (κ1) is 17.7. The number of likely N-dealkylation sites (tertiary alicyclic amines) is 1. The van der Waals surface area contributed by atoms with E-state index in [2.05, 4.69) is 10.1 Å². The van der Waals surface area contributed by atoms with Gasteiger partial charge in [-0.05, 0) is 26.8 Å². The molecule has 1 unspecified atom stereocenters. The number of β-amino-alcohol motifs (C(OH)–C–C–N with tert-alkyl or cyclic N) is 1. The minimum Gasteiger partial charge on any atom is -0.379 e. The molecule has 9 heteroatoms. The van der Waals surface area contributed by atoms with Crippen LogP contribution in [0.3, 0.4) is 0 Å². The number of hydrogen-bond donors (Lipinski definition) is 1. The molecule has 25 heavy (non-hydrogen) atoms. The molecule has 0 bridgehead atoms. The molecule has 6 nitrogen and oxygen atoms in total. The molecule has 1 amide bonds. The highest BCUT2D eigenvalue weighted by Crippen LogP contribution is 2.38. The summed E-state index contributed by atoms with van der Waals surface area (Å²) in [5.74, 6) is -0.556. The summed E-state index contributed by atoms with van der Waals surface area (Å²) in [6, 6.07) is 1.57. The van der Waals surface area contributed by atoms with Gasteiger partial charge in [-0.25, -0.2) is 9.67 Å². The summed E-state index contributed by atoms with van der Waals surface area (Å²) in [4.78, 5) is 18.2. The van der Waals surface area contributed by atoms with Crippen LogP contribution in [0, 0.1) is 6.92 Å². The van der Waals surface area contributed by atoms with E-state index in [-0.39, 0.29) is 18.2 Å². The van der Waals surface area contributed by atoms with Crippen molar-refractivity contribution in [2.45, 2.75) is 45.0 Å². The number of rotatable bonds is 2. The Kier molecular flexibility index (Phi) is 4.02. The van der Waals surface area contributed by atoms with Crippen LogP contribution < -0.4 is 0 Å². The number of carbonyl (C=O) groups is 1. The van der Waals surface area contributed by atoms with Crippen LogP contribution in [0.2, 0.25) is 0 Å². The monoisotopic (exact) mass is 356 g/mol. The smallest absolute Gasteiger partial charge is 0.379 e. The van der Waals surface area contributed by atoms with Gasteiger partial charge in [0, 0.05) is 24.7 Å². The number of amides is 1. The molecule has 136 valence electrons. The summed E-state index contributed by atoms with van der Waals surface area (Å²) in [5.41, 5.74) is -1.51. The van der Waals surface area contributed by atoms with Crippen LogP contribution in [-0.4, -0.2) is 55.5 Å². The van der Waals surface area contributed by atoms with E-state index in [0.717, 1.165) is 4.90 Å². The Bertz CT molecular complexity index is 831. The SMILES string of the molecule is Cc1cc(C(=O)N2CCC(O)(C(F)(F)F)C2)c2cnn(C(C)C)c2n1. The topological polar surface area (TPSA) is 71.2 Å². The van der Waals surface area contributed by atoms with Crippen molar-refractivity contribution in [3.05, 3.63) is 23.5 Å². The number of hydrogen-bond acceptors (Lipinski definition) is 4. The zero-order chi connectivity index (χ0) is 18.6. The number of aliphatic hydroxyl groups is 1. The number of nitrogens with zero attached hydrogens (tertiary/aromatic N) is 4. The third-order valence-corrected chi connectivity index (χ3v) is 4.48. The number of pyridine rings is 1. The fourth-order valence-corrected chi connectivity index (χ4v) is 3.07. The lowest BCUT2D eigenvalue weighted by Gasteiger charge is -2.26. The van der Waals surface area contributed by atoms with Crippen molar-refractivity contribution in [2.24, 2.45) is 0 Å². The van der Waals surface area contributed by atoms with Gasteiger partial charge in [0.2, 0.25) is 0 Å². The molecule has 1 aliphatic rings. The Balaban J connectivity index is 1.99. The molecular weight excluding hydrogens is 337 g/mol. The summed E-state index contributed by atoms with van der Waals surface area (Å²) in [7, 11) is 0. The van der Waals surface area contributed by atoms with E-state index >= 15 is 0 Å². The molecule has 3 rings (SSSR count). The first-order valence-electron chi connectivity index (χ1n) is 7.97. The van der Waals surface area contributed by atoms with Gasteiger partial charge in [0.1, 0.15) is 0 Å². The highest BCUT2D eigenvalue weighted by atomic mass is 19.4. The number of carbonyl (C=O) groups excluding carboxylic acids is 1. The van der Waals surface area contributed by atoms with Gasteiger partial charge < -0.3 is 10.0 Å². The van der Waals surface area contributed by atoms with Crippen molar-refractivity contribution < 1.29 is 23.1 Å². The maximum atomic E-state index is 13.0. The van der Waals surface area contributed by atoms with Crippen LogP contribution in [0.1, 0.15) is 42.4 Å². The molecule has 0 aliphatic carbocycles. The average Bonchev–Trinajstić information content (AvgIpc) is 3.09. The molecule has 1 atom stereocenters. The largest absolute Gasteiger partial charge is 0.419 e. The van der Waals surface area contributed by atoms with Crippen LogP contribution in [0.4, 0.5) is 13.2 Å². The number of aryl methyl sites for hydroxylation is 1. The van der Waals surface area contributed by atoms with Crippen LogP contribution >= 0.6 is 0 Å². The predicted molar refractivity (Wildman–Crippen MR) is 84.2 cm³/mol. The van der Waals surface area contributed by atoms with E-state index in [1.807, 2.05) is 13.8 Å². The zero-order valence-electron chi connectivity index (χ0n) is 14.1. The van der Waals surface area contributed by atoms with E-state index in [1.165, 1.54) is 6.20 Å². The van der Waals surface area contributed by atoms with Crippen LogP contribution in [0.15, 0.2) is 12.3 Å². The van der Waals surface area contributed by atoms with Crippen molar-refractivity contribution in [1.29, 1.82) is 0 Å². The van der Waals surface area contributed by atoms with Gasteiger partial charge in [0.05, 0.1) is 23.7 Å². The van der Waals surface area contributed by atoms with Gasteiger partial charge in [-0.1, -0.05) is 0 Å². The molecule has 1 saturated heterocycles. The van der Waals surface area contributed by atoms with Crippen molar-refractivity contribution in [2.75, 3.05) is 13.1 Å². The lowest BCUT2D eigenvalue weighted by Crippen LogP contribution is -2.48. The lowest BCUT2D eigenvalue weighted by atomic mass is 10.0. The van der Waals surface area contributed by atoms with Gasteiger partial charge in [-0.3, -0.25) is 4.79 Å². The van der Waals surface area contributed by atoms with Gasteiger partial charge in [-0.15, -0.1) is 0 Å². The van der Waals surface area contributed by atoms with E-state index in [9.17, 15) is 23.1 Å². The van der Waals surface area contributed by atoms with Crippen molar-refractivity contribution in [1.82, 2.24) is 19.7 Å². The first-order valence-corrected chi connectivity index (χ1v) is 7.97. The summed E-state index contributed by atoms with van der Waals surface area (Å²) in [5, 5.41) is 14.5. The van der Waals surface area contributed by atoms with Gasteiger partial charge in [0.25, 0.3) is 5.91 Å². The standard InChI is InChI=1S/C16H19F3N4O2/c1-9(2)23-13-12(7-20-23)11(6-10(3)21-13)14(24)22-5-4-15(25,8-22)16(17,18)19/h6-7,9,25H,4-5,8H2,1-3H3. The zero-order valence-corrected chi connectivity index (χ0v) is 14.1. The minimum absolute atomic E-state index is 0.0249. The summed E-state index contributed by atoms with van der Waals surface area (Å²) in [6.45, 7) is 4.63. The van der Waals surface area contributed by atoms with Crippen LogP contribution in [0.5, 0.6) is 0 Å². The second-order valence-corrected chi connectivity index (χ2v) is 6.74. The van der Waals surface area contributed by atoms with Crippen molar-refractivity contribution in [3.8, 4) is 0 Å². The maximum absolute atomic E-state index is 13.0. The van der Waals surface area contributed by atoms with Gasteiger partial charge in [-0.2, -0.15) is 18.3 Å². The Labute approximate surface area is 142 Å². The molecule has 3 heterocycles. The maximum Gasteiger partial charge on any atom is 0.419 e. The molecule has 2 aromatic rings. The highest BCUT2D eigenvalue weighted by molar-refractivity contribution is 6.05. The third kappa shape index (κ3) is 2.86. The normalized spacial score (nSPS) is 21.5. The molecule has 1 aliphatic heterocycles. The molecular formula is C16H19F3N4O2. The van der Waals surface area contributed by atoms with Crippen molar-refractivity contribution >= 4 is 16.9 Å². The highest BCUT2D eigenvalue weighted by Gasteiger charge is 2.57. The van der Waals surface area contributed by atoms with Gasteiger partial charge in [0.15, 0.2) is 11.2 Å². The van der Waals surface area contributed by atoms with Gasteiger partial charge >= 0.3 is 6.18 Å². The molecule has 1 fully saturated rings. The summed E-state index contributed by atoms with van der Waals surface area (Å²) >= 11 is 0. The van der Waals surface area contributed by atoms with E-state index < -0.39 is 30.7 Å². The van der Waals surface area contributed by atoms with E-state index in [0.29, 0.717) is 16.7 Å². The average molecular weight is 356 g/mol. The minimum atomic E-state index is -4.77. The number of aromatic nitrogens is 3. The second kappa shape index (κ2) is 5.69. The Hall–Kier alpha value is -2.16. The Morgan fingerprint density at radius 2 is 2.08 bits per heavy atom. The fourth-order valence-electron chi connectivity index (χ4n) is 3.07. The molecule has 1 N–H and O–H groups in total. The molecule has 2 aromatic heterocycles. The van der Waals surface area contributed by atoms with Crippen LogP contribution in [0.25, 0.3) is 11.0 Å². The molecule has 0 spiro atoms. The van der Waals surface area contributed by atoms with Crippen LogP contribution in [-0.2, 0) is 0 Å². The Morgan fingerprint density at radius 1 is 1.40 bits per heavy atom. The number of fused-ring (bicyclic) bond motifs is 1. The first-order chi connectivity index (χ1) is 11.5. The Morgan fingerprint density at radius 3 is 2.64 bits per heavy atom. The molecule has 0 saturated carbocycles. The van der Waals surface area contributed by atoms with E-state index in [4.69, 9.17) is 0 Å². The number of alkyl halides is 3.